The van der Waals surface area contributed by atoms with Gasteiger partial charge in [-0.25, -0.2) is 9.18 Å². The fraction of sp³-hybridized carbons (Fsp3) is 0.263. The molecule has 0 aliphatic heterocycles. The quantitative estimate of drug-likeness (QED) is 0.676. The van der Waals surface area contributed by atoms with Crippen LogP contribution in [0.2, 0.25) is 0 Å². The number of carbonyl (C=O) groups excluding carboxylic acids is 2. The first kappa shape index (κ1) is 21.2. The molecule has 0 radical (unpaired) electrons. The van der Waals surface area contributed by atoms with Crippen molar-refractivity contribution in [1.82, 2.24) is 0 Å². The summed E-state index contributed by atoms with van der Waals surface area (Å²) in [4.78, 5) is 23.8. The van der Waals surface area contributed by atoms with E-state index in [0.29, 0.717) is 17.8 Å². The van der Waals surface area contributed by atoms with Gasteiger partial charge in [-0.05, 0) is 63.2 Å². The van der Waals surface area contributed by atoms with Gasteiger partial charge >= 0.3 is 12.3 Å². The third-order valence-electron chi connectivity index (χ3n) is 3.32. The SMILES string of the molecule is CC(C)(C)OC(=O)Nc1ccc(NC(=O)c2ccc(F)c(C(F)(F)F)c2)cc1. The first-order valence-corrected chi connectivity index (χ1v) is 8.13. The number of halogens is 4. The number of carbonyl (C=O) groups is 2. The third-order valence-corrected chi connectivity index (χ3v) is 3.32. The standard InChI is InChI=1S/C19H18F4N2O3/c1-18(2,3)28-17(27)25-13-7-5-12(6-8-13)24-16(26)11-4-9-15(20)14(10-11)19(21,22)23/h4-10H,1-3H3,(H,24,26)(H,25,27). The fourth-order valence-electron chi connectivity index (χ4n) is 2.15. The van der Waals surface area contributed by atoms with E-state index in [1.165, 1.54) is 24.3 Å². The van der Waals surface area contributed by atoms with Crippen molar-refractivity contribution in [2.45, 2.75) is 32.5 Å². The molecule has 150 valence electrons. The second-order valence-electron chi connectivity index (χ2n) is 6.85. The highest BCUT2D eigenvalue weighted by molar-refractivity contribution is 6.04. The summed E-state index contributed by atoms with van der Waals surface area (Å²) in [7, 11) is 0. The molecule has 0 saturated heterocycles. The first-order chi connectivity index (χ1) is 12.8. The molecule has 9 heteroatoms. The van der Waals surface area contributed by atoms with Crippen LogP contribution in [-0.2, 0) is 10.9 Å². The number of benzene rings is 2. The van der Waals surface area contributed by atoms with Crippen LogP contribution in [-0.4, -0.2) is 17.6 Å². The van der Waals surface area contributed by atoms with Gasteiger partial charge in [-0.3, -0.25) is 10.1 Å². The monoisotopic (exact) mass is 398 g/mol. The fourth-order valence-corrected chi connectivity index (χ4v) is 2.15. The minimum atomic E-state index is -4.91. The molecule has 0 atom stereocenters. The van der Waals surface area contributed by atoms with Gasteiger partial charge in [-0.2, -0.15) is 13.2 Å². The Labute approximate surface area is 158 Å². The average Bonchev–Trinajstić information content (AvgIpc) is 2.54. The van der Waals surface area contributed by atoms with Crippen molar-refractivity contribution < 1.29 is 31.9 Å². The summed E-state index contributed by atoms with van der Waals surface area (Å²) in [5.74, 6) is -2.29. The van der Waals surface area contributed by atoms with Crippen LogP contribution in [0, 0.1) is 5.82 Å². The predicted molar refractivity (Wildman–Crippen MR) is 95.7 cm³/mol. The molecule has 0 heterocycles. The van der Waals surface area contributed by atoms with Crippen molar-refractivity contribution in [3.05, 3.63) is 59.4 Å². The summed E-state index contributed by atoms with van der Waals surface area (Å²) < 4.78 is 56.7. The topological polar surface area (TPSA) is 67.4 Å². The lowest BCUT2D eigenvalue weighted by atomic mass is 10.1. The molecule has 0 fully saturated rings. The lowest BCUT2D eigenvalue weighted by Crippen LogP contribution is -2.27. The van der Waals surface area contributed by atoms with Crippen molar-refractivity contribution in [3.8, 4) is 0 Å². The van der Waals surface area contributed by atoms with Gasteiger partial charge in [0.2, 0.25) is 0 Å². The van der Waals surface area contributed by atoms with Crippen LogP contribution >= 0.6 is 0 Å². The molecule has 0 spiro atoms. The summed E-state index contributed by atoms with van der Waals surface area (Å²) in [6.07, 6.45) is -5.56. The van der Waals surface area contributed by atoms with Crippen molar-refractivity contribution >= 4 is 23.4 Å². The lowest BCUT2D eigenvalue weighted by molar-refractivity contribution is -0.140. The molecular weight excluding hydrogens is 380 g/mol. The Bertz CT molecular complexity index is 872. The van der Waals surface area contributed by atoms with E-state index in [1.807, 2.05) is 0 Å². The number of alkyl halides is 3. The molecule has 0 unspecified atom stereocenters. The van der Waals surface area contributed by atoms with E-state index in [-0.39, 0.29) is 11.3 Å². The van der Waals surface area contributed by atoms with Gasteiger partial charge in [0.1, 0.15) is 11.4 Å². The van der Waals surface area contributed by atoms with Crippen LogP contribution in [0.1, 0.15) is 36.7 Å². The molecule has 2 amide bonds. The molecule has 0 aliphatic carbocycles. The van der Waals surface area contributed by atoms with Gasteiger partial charge in [-0.1, -0.05) is 0 Å². The normalized spacial score (nSPS) is 11.7. The number of nitrogens with one attached hydrogen (secondary N) is 2. The molecule has 2 rings (SSSR count). The smallest absolute Gasteiger partial charge is 0.419 e. The molecule has 2 aromatic carbocycles. The highest BCUT2D eigenvalue weighted by Gasteiger charge is 2.34. The maximum absolute atomic E-state index is 13.3. The summed E-state index contributed by atoms with van der Waals surface area (Å²) in [6.45, 7) is 5.14. The van der Waals surface area contributed by atoms with Gasteiger partial charge in [0.25, 0.3) is 5.91 Å². The Hall–Kier alpha value is -3.10. The van der Waals surface area contributed by atoms with Crippen molar-refractivity contribution in [3.63, 3.8) is 0 Å². The van der Waals surface area contributed by atoms with Crippen LogP contribution in [0.4, 0.5) is 33.7 Å². The van der Waals surface area contributed by atoms with E-state index in [0.717, 1.165) is 6.07 Å². The van der Waals surface area contributed by atoms with E-state index in [2.05, 4.69) is 10.6 Å². The van der Waals surface area contributed by atoms with Crippen LogP contribution in [0.15, 0.2) is 42.5 Å². The summed E-state index contributed by atoms with van der Waals surface area (Å²) in [5.41, 5.74) is -1.85. The first-order valence-electron chi connectivity index (χ1n) is 8.13. The van der Waals surface area contributed by atoms with Crippen molar-refractivity contribution in [1.29, 1.82) is 0 Å². The van der Waals surface area contributed by atoms with Crippen LogP contribution in [0.5, 0.6) is 0 Å². The van der Waals surface area contributed by atoms with Gasteiger partial charge in [-0.15, -0.1) is 0 Å². The zero-order chi connectivity index (χ0) is 21.1. The molecule has 28 heavy (non-hydrogen) atoms. The highest BCUT2D eigenvalue weighted by atomic mass is 19.4. The zero-order valence-corrected chi connectivity index (χ0v) is 15.3. The molecule has 0 aromatic heterocycles. The number of anilines is 2. The molecule has 0 saturated carbocycles. The second-order valence-corrected chi connectivity index (χ2v) is 6.85. The summed E-state index contributed by atoms with van der Waals surface area (Å²) in [5, 5.41) is 4.90. The zero-order valence-electron chi connectivity index (χ0n) is 15.3. The van der Waals surface area contributed by atoms with E-state index >= 15 is 0 Å². The molecule has 2 aromatic rings. The van der Waals surface area contributed by atoms with E-state index < -0.39 is 35.2 Å². The Morgan fingerprint density at radius 3 is 1.93 bits per heavy atom. The number of hydrogen-bond donors (Lipinski definition) is 2. The number of ether oxygens (including phenoxy) is 1. The van der Waals surface area contributed by atoms with Crippen molar-refractivity contribution in [2.24, 2.45) is 0 Å². The number of amides is 2. The summed E-state index contributed by atoms with van der Waals surface area (Å²) >= 11 is 0. The Balaban J connectivity index is 2.06. The molecule has 5 nitrogen and oxygen atoms in total. The minimum absolute atomic E-state index is 0.276. The van der Waals surface area contributed by atoms with Gasteiger partial charge < -0.3 is 10.1 Å². The maximum Gasteiger partial charge on any atom is 0.419 e. The predicted octanol–water partition coefficient (Wildman–Crippen LogP) is 5.44. The van der Waals surface area contributed by atoms with Gasteiger partial charge in [0, 0.05) is 16.9 Å². The van der Waals surface area contributed by atoms with Crippen LogP contribution in [0.3, 0.4) is 0 Å². The molecule has 0 aliphatic rings. The molecule has 0 bridgehead atoms. The lowest BCUT2D eigenvalue weighted by Gasteiger charge is -2.19. The van der Waals surface area contributed by atoms with Crippen LogP contribution < -0.4 is 10.6 Å². The third kappa shape index (κ3) is 5.97. The largest absolute Gasteiger partial charge is 0.444 e. The molecule has 2 N–H and O–H groups in total. The second kappa shape index (κ2) is 7.87. The minimum Gasteiger partial charge on any atom is -0.444 e. The number of hydrogen-bond acceptors (Lipinski definition) is 3. The van der Waals surface area contributed by atoms with E-state index in [4.69, 9.17) is 4.74 Å². The van der Waals surface area contributed by atoms with E-state index in [1.54, 1.807) is 20.8 Å². The maximum atomic E-state index is 13.3. The van der Waals surface area contributed by atoms with Crippen LogP contribution in [0.25, 0.3) is 0 Å². The Morgan fingerprint density at radius 2 is 1.43 bits per heavy atom. The van der Waals surface area contributed by atoms with E-state index in [9.17, 15) is 27.2 Å². The number of rotatable bonds is 3. The van der Waals surface area contributed by atoms with Gasteiger partial charge in [0.15, 0.2) is 0 Å². The highest BCUT2D eigenvalue weighted by Crippen LogP contribution is 2.32. The Morgan fingerprint density at radius 1 is 0.893 bits per heavy atom. The molecular formula is C19H18F4N2O3. The van der Waals surface area contributed by atoms with Gasteiger partial charge in [0.05, 0.1) is 5.56 Å². The average molecular weight is 398 g/mol. The Kier molecular flexibility index (Phi) is 5.96. The summed E-state index contributed by atoms with van der Waals surface area (Å²) in [6, 6.07) is 7.83. The van der Waals surface area contributed by atoms with Crippen molar-refractivity contribution in [2.75, 3.05) is 10.6 Å².